The van der Waals surface area contributed by atoms with Crippen molar-refractivity contribution in [2.75, 3.05) is 0 Å². The predicted molar refractivity (Wildman–Crippen MR) is 184 cm³/mol. The largest absolute Gasteiger partial charge is 0.481 e. The molecule has 0 aliphatic carbocycles. The first-order valence-electron chi connectivity index (χ1n) is 15.4. The zero-order valence-corrected chi connectivity index (χ0v) is 30.9. The van der Waals surface area contributed by atoms with Gasteiger partial charge in [-0.2, -0.15) is 0 Å². The fourth-order valence-electron chi connectivity index (χ4n) is 4.59. The van der Waals surface area contributed by atoms with Gasteiger partial charge in [-0.05, 0) is 45.9 Å². The van der Waals surface area contributed by atoms with Crippen LogP contribution in [0.4, 0.5) is 0 Å². The molecule has 2 rings (SSSR count). The number of carboxylic acid groups (broad SMARTS) is 2. The molecule has 0 fully saturated rings. The summed E-state index contributed by atoms with van der Waals surface area (Å²) in [7, 11) is 3.14. The maximum Gasteiger partial charge on any atom is 0.311 e. The van der Waals surface area contributed by atoms with E-state index in [2.05, 4.69) is 0 Å². The van der Waals surface area contributed by atoms with Gasteiger partial charge in [0.15, 0.2) is 0 Å². The first kappa shape index (κ1) is 39.2. The van der Waals surface area contributed by atoms with Crippen molar-refractivity contribution in [1.29, 1.82) is 0 Å². The molecule has 0 atom stereocenters. The summed E-state index contributed by atoms with van der Waals surface area (Å²) >= 11 is 0. The quantitative estimate of drug-likeness (QED) is 0.135. The fourth-order valence-corrected chi connectivity index (χ4v) is 6.60. The highest BCUT2D eigenvalue weighted by molar-refractivity contribution is 8.76. The molecule has 0 spiro atoms. The van der Waals surface area contributed by atoms with E-state index in [9.17, 15) is 19.2 Å². The molecule has 0 aliphatic heterocycles. The lowest BCUT2D eigenvalue weighted by molar-refractivity contribution is -0.142. The molecule has 0 saturated heterocycles. The molecule has 0 radical (unpaired) electrons. The minimum atomic E-state index is -1.05. The van der Waals surface area contributed by atoms with E-state index in [-0.39, 0.29) is 47.3 Å². The van der Waals surface area contributed by atoms with E-state index in [0.717, 1.165) is 32.0 Å². The molecule has 46 heavy (non-hydrogen) atoms. The maximum atomic E-state index is 12.7. The lowest BCUT2D eigenvalue weighted by Gasteiger charge is -2.30. The summed E-state index contributed by atoms with van der Waals surface area (Å²) in [5.74, 6) is -2.32. The summed E-state index contributed by atoms with van der Waals surface area (Å²) < 4.78 is 11.8. The average Bonchev–Trinajstić information content (AvgIpc) is 2.87. The van der Waals surface area contributed by atoms with Gasteiger partial charge in [-0.15, -0.1) is 0 Å². The molecular formula is C36H50O8S2. The van der Waals surface area contributed by atoms with Crippen molar-refractivity contribution in [3.05, 3.63) is 46.5 Å². The van der Waals surface area contributed by atoms with Gasteiger partial charge in [0.05, 0.1) is 25.7 Å². The Balaban J connectivity index is 2.63. The Kier molecular flexibility index (Phi) is 12.6. The van der Waals surface area contributed by atoms with Gasteiger partial charge in [0, 0.05) is 32.0 Å². The van der Waals surface area contributed by atoms with Crippen LogP contribution in [0.1, 0.15) is 131 Å². The third-order valence-corrected chi connectivity index (χ3v) is 9.45. The zero-order valence-electron chi connectivity index (χ0n) is 29.3. The number of carboxylic acids is 2. The highest BCUT2D eigenvalue weighted by Crippen LogP contribution is 2.49. The molecule has 0 unspecified atom stereocenters. The third-order valence-electron chi connectivity index (χ3n) is 7.11. The molecule has 2 aromatic carbocycles. The van der Waals surface area contributed by atoms with Crippen molar-refractivity contribution in [2.45, 2.75) is 140 Å². The van der Waals surface area contributed by atoms with Gasteiger partial charge >= 0.3 is 23.9 Å². The first-order valence-corrected chi connectivity index (χ1v) is 17.5. The van der Waals surface area contributed by atoms with Gasteiger partial charge in [0.25, 0.3) is 0 Å². The first-order chi connectivity index (χ1) is 20.8. The molecule has 0 saturated carbocycles. The van der Waals surface area contributed by atoms with Crippen molar-refractivity contribution in [3.63, 3.8) is 0 Å². The van der Waals surface area contributed by atoms with E-state index >= 15 is 0 Å². The minimum absolute atomic E-state index is 0.216. The molecule has 0 amide bonds. The molecule has 10 heteroatoms. The number of ether oxygens (including phenoxy) is 2. The molecule has 2 aromatic rings. The van der Waals surface area contributed by atoms with E-state index in [1.54, 1.807) is 21.6 Å². The number of esters is 2. The maximum absolute atomic E-state index is 12.7. The Morgan fingerprint density at radius 2 is 0.739 bits per heavy atom. The van der Waals surface area contributed by atoms with Crippen LogP contribution in [0.2, 0.25) is 0 Å². The Labute approximate surface area is 281 Å². The number of carbonyl (C=O) groups is 4. The molecule has 8 nitrogen and oxygen atoms in total. The van der Waals surface area contributed by atoms with Crippen LogP contribution in [0, 0.1) is 0 Å². The van der Waals surface area contributed by atoms with Gasteiger partial charge in [0.2, 0.25) is 0 Å². The summed E-state index contributed by atoms with van der Waals surface area (Å²) in [6.07, 6.45) is -1.03. The van der Waals surface area contributed by atoms with Crippen molar-refractivity contribution in [3.8, 4) is 11.5 Å². The SMILES string of the molecule is CC(C)(C)c1cc(SSc2cc(C(C)(C)C)c(OC(=O)CCC(=O)O)c(C(C)(C)C)c2)cc(C(C)(C)C)c1OC(=O)CCC(=O)O. The van der Waals surface area contributed by atoms with Crippen molar-refractivity contribution >= 4 is 45.5 Å². The lowest BCUT2D eigenvalue weighted by Crippen LogP contribution is -2.22. The number of carbonyl (C=O) groups excluding carboxylic acids is 2. The topological polar surface area (TPSA) is 127 Å². The van der Waals surface area contributed by atoms with Crippen LogP contribution >= 0.6 is 21.6 Å². The molecule has 2 N–H and O–H groups in total. The van der Waals surface area contributed by atoms with Gasteiger partial charge in [0.1, 0.15) is 11.5 Å². The van der Waals surface area contributed by atoms with E-state index in [1.807, 2.05) is 107 Å². The van der Waals surface area contributed by atoms with Crippen molar-refractivity contribution < 1.29 is 38.9 Å². The van der Waals surface area contributed by atoms with E-state index in [1.165, 1.54) is 0 Å². The number of benzene rings is 2. The van der Waals surface area contributed by atoms with Crippen molar-refractivity contribution in [1.82, 2.24) is 0 Å². The van der Waals surface area contributed by atoms with Crippen LogP contribution in [-0.2, 0) is 40.8 Å². The molecule has 0 heterocycles. The molecule has 0 aromatic heterocycles. The van der Waals surface area contributed by atoms with Gasteiger partial charge < -0.3 is 19.7 Å². The monoisotopic (exact) mass is 674 g/mol. The predicted octanol–water partition coefficient (Wildman–Crippen LogP) is 9.22. The smallest absolute Gasteiger partial charge is 0.311 e. The third kappa shape index (κ3) is 11.4. The Hall–Kier alpha value is -2.98. The van der Waals surface area contributed by atoms with Crippen LogP contribution in [0.3, 0.4) is 0 Å². The van der Waals surface area contributed by atoms with E-state index < -0.39 is 23.9 Å². The summed E-state index contributed by atoms with van der Waals surface area (Å²) in [6.45, 7) is 24.6. The number of rotatable bonds is 11. The minimum Gasteiger partial charge on any atom is -0.481 e. The van der Waals surface area contributed by atoms with Crippen LogP contribution in [0.25, 0.3) is 0 Å². The highest BCUT2D eigenvalue weighted by atomic mass is 33.1. The van der Waals surface area contributed by atoms with E-state index in [4.69, 9.17) is 19.7 Å². The average molecular weight is 675 g/mol. The van der Waals surface area contributed by atoms with Gasteiger partial charge in [-0.25, -0.2) is 0 Å². The highest BCUT2D eigenvalue weighted by Gasteiger charge is 2.32. The summed E-state index contributed by atoms with van der Waals surface area (Å²) in [4.78, 5) is 49.4. The van der Waals surface area contributed by atoms with Crippen LogP contribution in [0.15, 0.2) is 34.1 Å². The summed E-state index contributed by atoms with van der Waals surface area (Å²) in [5, 5.41) is 18.1. The number of hydrogen-bond acceptors (Lipinski definition) is 8. The lowest BCUT2D eigenvalue weighted by atomic mass is 9.79. The standard InChI is InChI=1S/C36H50O8S2/c1-33(2,3)23-17-21(18-24(34(4,5)6)31(23)43-29(41)15-13-27(37)38)45-46-22-19-25(35(7,8)9)32(26(20-22)36(10,11)12)44-30(42)16-14-28(39)40/h17-20H,13-16H2,1-12H3,(H,37,38)(H,39,40). The zero-order chi connectivity index (χ0) is 35.4. The Morgan fingerprint density at radius 3 is 0.935 bits per heavy atom. The molecule has 0 bridgehead atoms. The summed E-state index contributed by atoms with van der Waals surface area (Å²) in [5.41, 5.74) is 1.87. The Bertz CT molecular complexity index is 1280. The molecule has 254 valence electrons. The van der Waals surface area contributed by atoms with Crippen LogP contribution in [-0.4, -0.2) is 34.1 Å². The second-order valence-corrected chi connectivity index (χ2v) is 17.9. The second-order valence-electron chi connectivity index (χ2n) is 15.6. The van der Waals surface area contributed by atoms with Crippen molar-refractivity contribution in [2.24, 2.45) is 0 Å². The van der Waals surface area contributed by atoms with Gasteiger partial charge in [-0.1, -0.05) is 105 Å². The molecular weight excluding hydrogens is 625 g/mol. The summed E-state index contributed by atoms with van der Waals surface area (Å²) in [6, 6.07) is 8.11. The number of hydrogen-bond donors (Lipinski definition) is 2. The second kappa shape index (κ2) is 14.8. The number of aliphatic carboxylic acids is 2. The van der Waals surface area contributed by atoms with Crippen LogP contribution in [0.5, 0.6) is 11.5 Å². The normalized spacial score (nSPS) is 12.5. The van der Waals surface area contributed by atoms with Gasteiger partial charge in [-0.3, -0.25) is 19.2 Å². The van der Waals surface area contributed by atoms with Crippen LogP contribution < -0.4 is 9.47 Å². The molecule has 0 aliphatic rings. The fraction of sp³-hybridized carbons (Fsp3) is 0.556. The Morgan fingerprint density at radius 1 is 0.500 bits per heavy atom. The van der Waals surface area contributed by atoms with E-state index in [0.29, 0.717) is 11.5 Å².